The van der Waals surface area contributed by atoms with Gasteiger partial charge in [-0.25, -0.2) is 0 Å². The summed E-state index contributed by atoms with van der Waals surface area (Å²) in [5, 5.41) is 19.9. The van der Waals surface area contributed by atoms with Crippen molar-refractivity contribution in [1.82, 2.24) is 20.4 Å². The quantitative estimate of drug-likeness (QED) is 0.225. The standard InChI is InChI=1S/C28H29ClF3N5O2/c1-16(2)10-23(27(38)35-20(13-33)8-9-29)36-26(28(30,31)32)18-4-6-21-22-11-17(19-14-34-37(3)15-19)5-7-24(22)39-25(21)12-18/h4-7,11-12,14-16,20,23,26,36H,8-10H2,1-3H3,(H,35,38)/t20?,23-,26-/m0/s1. The van der Waals surface area contributed by atoms with Crippen molar-refractivity contribution in [3.63, 3.8) is 0 Å². The van der Waals surface area contributed by atoms with Gasteiger partial charge in [-0.1, -0.05) is 32.0 Å². The lowest BCUT2D eigenvalue weighted by atomic mass is 9.98. The number of nitrogens with one attached hydrogen (secondary N) is 2. The molecule has 0 fully saturated rings. The molecular weight excluding hydrogens is 531 g/mol. The van der Waals surface area contributed by atoms with Crippen molar-refractivity contribution in [2.24, 2.45) is 13.0 Å². The topological polar surface area (TPSA) is 95.9 Å². The van der Waals surface area contributed by atoms with Gasteiger partial charge in [0, 0.05) is 35.5 Å². The lowest BCUT2D eigenvalue weighted by molar-refractivity contribution is -0.161. The summed E-state index contributed by atoms with van der Waals surface area (Å²) >= 11 is 5.68. The van der Waals surface area contributed by atoms with E-state index >= 15 is 0 Å². The minimum absolute atomic E-state index is 0.0810. The average molecular weight is 560 g/mol. The molecule has 0 saturated heterocycles. The minimum atomic E-state index is -4.70. The highest BCUT2D eigenvalue weighted by Crippen LogP contribution is 2.38. The molecule has 7 nitrogen and oxygen atoms in total. The highest BCUT2D eigenvalue weighted by Gasteiger charge is 2.43. The Morgan fingerprint density at radius 3 is 2.54 bits per heavy atom. The summed E-state index contributed by atoms with van der Waals surface area (Å²) < 4.78 is 50.7. The van der Waals surface area contributed by atoms with Gasteiger partial charge in [0.15, 0.2) is 0 Å². The zero-order valence-electron chi connectivity index (χ0n) is 21.7. The number of rotatable bonds is 10. The van der Waals surface area contributed by atoms with E-state index in [0.717, 1.165) is 16.5 Å². The van der Waals surface area contributed by atoms with Crippen LogP contribution in [0.5, 0.6) is 0 Å². The van der Waals surface area contributed by atoms with E-state index in [-0.39, 0.29) is 30.2 Å². The largest absolute Gasteiger partial charge is 0.456 e. The molecule has 2 aromatic heterocycles. The number of furan rings is 1. The molecule has 39 heavy (non-hydrogen) atoms. The van der Waals surface area contributed by atoms with E-state index in [2.05, 4.69) is 15.7 Å². The van der Waals surface area contributed by atoms with Gasteiger partial charge in [0.1, 0.15) is 23.2 Å². The molecule has 0 spiro atoms. The van der Waals surface area contributed by atoms with Gasteiger partial charge in [0.25, 0.3) is 0 Å². The number of alkyl halides is 4. The van der Waals surface area contributed by atoms with Crippen LogP contribution in [0.15, 0.2) is 53.2 Å². The molecule has 0 radical (unpaired) electrons. The number of fused-ring (bicyclic) bond motifs is 3. The number of benzene rings is 2. The first-order valence-electron chi connectivity index (χ1n) is 12.5. The number of amides is 1. The molecule has 4 aromatic rings. The maximum Gasteiger partial charge on any atom is 0.407 e. The Bertz CT molecular complexity index is 1500. The number of carbonyl (C=O) groups excluding carboxylic acids is 1. The summed E-state index contributed by atoms with van der Waals surface area (Å²) in [4.78, 5) is 12.9. The summed E-state index contributed by atoms with van der Waals surface area (Å²) in [6.07, 6.45) is -0.764. The van der Waals surface area contributed by atoms with Crippen LogP contribution in [0.4, 0.5) is 13.2 Å². The Morgan fingerprint density at radius 2 is 1.92 bits per heavy atom. The highest BCUT2D eigenvalue weighted by molar-refractivity contribution is 6.17. The van der Waals surface area contributed by atoms with Crippen molar-refractivity contribution in [3.8, 4) is 17.2 Å². The molecule has 0 saturated carbocycles. The number of halogens is 4. The second-order valence-corrected chi connectivity index (χ2v) is 10.3. The fourth-order valence-electron chi connectivity index (χ4n) is 4.58. The number of nitriles is 1. The van der Waals surface area contributed by atoms with E-state index in [1.807, 2.05) is 45.3 Å². The maximum absolute atomic E-state index is 14.4. The molecule has 206 valence electrons. The van der Waals surface area contributed by atoms with Gasteiger partial charge in [0.2, 0.25) is 5.91 Å². The van der Waals surface area contributed by atoms with Gasteiger partial charge < -0.3 is 9.73 Å². The Balaban J connectivity index is 1.68. The second-order valence-electron chi connectivity index (χ2n) is 9.96. The molecule has 2 aromatic carbocycles. The van der Waals surface area contributed by atoms with E-state index in [1.165, 1.54) is 12.1 Å². The Labute approximate surface area is 228 Å². The Morgan fingerprint density at radius 1 is 1.15 bits per heavy atom. The van der Waals surface area contributed by atoms with E-state index in [0.29, 0.717) is 16.6 Å². The molecule has 2 heterocycles. The SMILES string of the molecule is CC(C)C[C@H](N[C@@H](c1ccc2c(c1)oc1ccc(-c3cnn(C)c3)cc12)C(F)(F)F)C(=O)NC(C#N)CCCl. The van der Waals surface area contributed by atoms with Crippen molar-refractivity contribution < 1.29 is 22.4 Å². The van der Waals surface area contributed by atoms with Crippen molar-refractivity contribution in [1.29, 1.82) is 5.26 Å². The van der Waals surface area contributed by atoms with Gasteiger partial charge in [-0.3, -0.25) is 14.8 Å². The van der Waals surface area contributed by atoms with Crippen LogP contribution in [-0.4, -0.2) is 39.8 Å². The van der Waals surface area contributed by atoms with Crippen molar-refractivity contribution in [3.05, 3.63) is 54.4 Å². The third-order valence-corrected chi connectivity index (χ3v) is 6.67. The highest BCUT2D eigenvalue weighted by atomic mass is 35.5. The predicted octanol–water partition coefficient (Wildman–Crippen LogP) is 6.23. The van der Waals surface area contributed by atoms with Crippen LogP contribution in [0.25, 0.3) is 33.1 Å². The summed E-state index contributed by atoms with van der Waals surface area (Å²) in [5.74, 6) is -0.627. The first-order chi connectivity index (χ1) is 18.5. The van der Waals surface area contributed by atoms with Gasteiger partial charge >= 0.3 is 6.18 Å². The molecule has 0 aliphatic rings. The number of aryl methyl sites for hydroxylation is 1. The number of nitrogens with zero attached hydrogens (tertiary/aromatic N) is 3. The summed E-state index contributed by atoms with van der Waals surface area (Å²) in [6.45, 7) is 3.62. The number of carbonyl (C=O) groups is 1. The third kappa shape index (κ3) is 6.54. The van der Waals surface area contributed by atoms with Crippen LogP contribution in [0.1, 0.15) is 38.3 Å². The van der Waals surface area contributed by atoms with Crippen LogP contribution in [0.2, 0.25) is 0 Å². The van der Waals surface area contributed by atoms with E-state index in [1.54, 1.807) is 23.0 Å². The first-order valence-corrected chi connectivity index (χ1v) is 13.1. The predicted molar refractivity (Wildman–Crippen MR) is 144 cm³/mol. The molecule has 1 unspecified atom stereocenters. The van der Waals surface area contributed by atoms with Crippen molar-refractivity contribution in [2.45, 2.75) is 51.0 Å². The molecule has 3 atom stereocenters. The van der Waals surface area contributed by atoms with Crippen molar-refractivity contribution in [2.75, 3.05) is 5.88 Å². The van der Waals surface area contributed by atoms with E-state index in [4.69, 9.17) is 16.0 Å². The van der Waals surface area contributed by atoms with Gasteiger partial charge in [0.05, 0.1) is 18.3 Å². The maximum atomic E-state index is 14.4. The number of aromatic nitrogens is 2. The van der Waals surface area contributed by atoms with Crippen molar-refractivity contribution >= 4 is 39.4 Å². The van der Waals surface area contributed by atoms with Gasteiger partial charge in [-0.2, -0.15) is 23.5 Å². The summed E-state index contributed by atoms with van der Waals surface area (Å²) in [5.41, 5.74) is 2.58. The molecule has 11 heteroatoms. The van der Waals surface area contributed by atoms with E-state index < -0.39 is 30.2 Å². The molecule has 0 bridgehead atoms. The summed E-state index contributed by atoms with van der Waals surface area (Å²) in [7, 11) is 1.82. The molecule has 2 N–H and O–H groups in total. The first kappa shape index (κ1) is 28.5. The fraction of sp³-hybridized carbons (Fsp3) is 0.393. The molecule has 0 aliphatic heterocycles. The van der Waals surface area contributed by atoms with Crippen LogP contribution >= 0.6 is 11.6 Å². The van der Waals surface area contributed by atoms with E-state index in [9.17, 15) is 23.2 Å². The zero-order valence-corrected chi connectivity index (χ0v) is 22.5. The molecular formula is C28H29ClF3N5O2. The molecule has 1 amide bonds. The van der Waals surface area contributed by atoms with Gasteiger partial charge in [-0.05, 0) is 48.1 Å². The lowest BCUT2D eigenvalue weighted by Gasteiger charge is -2.29. The average Bonchev–Trinajstić information content (AvgIpc) is 3.47. The fourth-order valence-corrected chi connectivity index (χ4v) is 4.79. The summed E-state index contributed by atoms with van der Waals surface area (Å²) in [6, 6.07) is 7.66. The van der Waals surface area contributed by atoms with Crippen LogP contribution in [0.3, 0.4) is 0 Å². The Kier molecular flexibility index (Phi) is 8.52. The number of hydrogen-bond acceptors (Lipinski definition) is 5. The Hall–Kier alpha value is -3.55. The minimum Gasteiger partial charge on any atom is -0.456 e. The second kappa shape index (κ2) is 11.7. The smallest absolute Gasteiger partial charge is 0.407 e. The zero-order chi connectivity index (χ0) is 28.3. The van der Waals surface area contributed by atoms with Crippen LogP contribution in [-0.2, 0) is 11.8 Å². The lowest BCUT2D eigenvalue weighted by Crippen LogP contribution is -2.51. The monoisotopic (exact) mass is 559 g/mol. The third-order valence-electron chi connectivity index (χ3n) is 6.46. The van der Waals surface area contributed by atoms with Crippen LogP contribution in [0, 0.1) is 17.2 Å². The molecule has 4 rings (SSSR count). The van der Waals surface area contributed by atoms with Gasteiger partial charge in [-0.15, -0.1) is 11.6 Å². The normalized spacial score (nSPS) is 14.4. The number of hydrogen-bond donors (Lipinski definition) is 2. The van der Waals surface area contributed by atoms with Crippen LogP contribution < -0.4 is 10.6 Å². The molecule has 0 aliphatic carbocycles.